The van der Waals surface area contributed by atoms with E-state index < -0.39 is 10.0 Å². The molecular weight excluding hydrogens is 220 g/mol. The molecule has 0 aromatic carbocycles. The van der Waals surface area contributed by atoms with Crippen LogP contribution < -0.4 is 5.14 Å². The third-order valence-electron chi connectivity index (χ3n) is 2.01. The molecule has 0 radical (unpaired) electrons. The van der Waals surface area contributed by atoms with Gasteiger partial charge in [-0.25, -0.2) is 18.5 Å². The predicted molar refractivity (Wildman–Crippen MR) is 57.6 cm³/mol. The van der Waals surface area contributed by atoms with E-state index >= 15 is 0 Å². The molecule has 0 aliphatic carbocycles. The average Bonchev–Trinajstić information content (AvgIpc) is 2.48. The van der Waals surface area contributed by atoms with Gasteiger partial charge in [0.05, 0.1) is 5.69 Å². The van der Waals surface area contributed by atoms with Gasteiger partial charge in [-0.05, 0) is 12.3 Å². The van der Waals surface area contributed by atoms with Gasteiger partial charge < -0.3 is 0 Å². The van der Waals surface area contributed by atoms with E-state index in [9.17, 15) is 8.42 Å². The van der Waals surface area contributed by atoms with Gasteiger partial charge in [-0.1, -0.05) is 13.8 Å². The molecule has 1 aromatic rings. The number of hydrogen-bond donors (Lipinski definition) is 1. The second-order valence-corrected chi connectivity index (χ2v) is 5.84. The lowest BCUT2D eigenvalue weighted by Crippen LogP contribution is -2.14. The SMILES string of the molecule is CCC(C)c1csc(CS(N)(=O)=O)n1. The van der Waals surface area contributed by atoms with Crippen LogP contribution in [0.1, 0.15) is 36.9 Å². The highest BCUT2D eigenvalue weighted by Gasteiger charge is 2.12. The van der Waals surface area contributed by atoms with E-state index in [1.807, 2.05) is 5.38 Å². The summed E-state index contributed by atoms with van der Waals surface area (Å²) in [4.78, 5) is 4.23. The molecule has 0 spiro atoms. The third kappa shape index (κ3) is 3.36. The Kier molecular flexibility index (Phi) is 3.63. The molecule has 80 valence electrons. The van der Waals surface area contributed by atoms with Gasteiger partial charge in [0, 0.05) is 5.38 Å². The number of hydrogen-bond acceptors (Lipinski definition) is 4. The lowest BCUT2D eigenvalue weighted by molar-refractivity contribution is 0.596. The summed E-state index contributed by atoms with van der Waals surface area (Å²) >= 11 is 1.35. The molecule has 0 saturated heterocycles. The Bertz CT molecular complexity index is 397. The molecule has 0 bridgehead atoms. The molecule has 1 unspecified atom stereocenters. The summed E-state index contributed by atoms with van der Waals surface area (Å²) in [7, 11) is -3.45. The topological polar surface area (TPSA) is 73.1 Å². The van der Waals surface area contributed by atoms with Gasteiger partial charge in [0.15, 0.2) is 0 Å². The van der Waals surface area contributed by atoms with E-state index in [2.05, 4.69) is 18.8 Å². The molecule has 0 aliphatic rings. The van der Waals surface area contributed by atoms with Crippen LogP contribution in [0.25, 0.3) is 0 Å². The first-order valence-electron chi connectivity index (χ1n) is 4.37. The van der Waals surface area contributed by atoms with Crippen molar-refractivity contribution in [3.63, 3.8) is 0 Å². The molecule has 14 heavy (non-hydrogen) atoms. The maximum Gasteiger partial charge on any atom is 0.215 e. The Balaban J connectivity index is 2.79. The van der Waals surface area contributed by atoms with Crippen molar-refractivity contribution < 1.29 is 8.42 Å². The predicted octanol–water partition coefficient (Wildman–Crippen LogP) is 1.45. The maximum atomic E-state index is 10.8. The Hall–Kier alpha value is -0.460. The van der Waals surface area contributed by atoms with Gasteiger partial charge in [0.25, 0.3) is 0 Å². The molecule has 0 fully saturated rings. The third-order valence-corrected chi connectivity index (χ3v) is 3.74. The van der Waals surface area contributed by atoms with Crippen LogP contribution in [0.15, 0.2) is 5.38 Å². The molecule has 2 N–H and O–H groups in total. The smallest absolute Gasteiger partial charge is 0.215 e. The van der Waals surface area contributed by atoms with Crippen molar-refractivity contribution in [1.29, 1.82) is 0 Å². The van der Waals surface area contributed by atoms with Crippen LogP contribution in [0.3, 0.4) is 0 Å². The first-order chi connectivity index (χ1) is 6.42. The van der Waals surface area contributed by atoms with Crippen molar-refractivity contribution in [3.05, 3.63) is 16.1 Å². The zero-order valence-electron chi connectivity index (χ0n) is 8.23. The quantitative estimate of drug-likeness (QED) is 0.856. The number of sulfonamides is 1. The average molecular weight is 234 g/mol. The first-order valence-corrected chi connectivity index (χ1v) is 6.96. The lowest BCUT2D eigenvalue weighted by Gasteiger charge is -2.02. The minimum atomic E-state index is -3.45. The van der Waals surface area contributed by atoms with Gasteiger partial charge >= 0.3 is 0 Å². The van der Waals surface area contributed by atoms with Crippen molar-refractivity contribution in [2.75, 3.05) is 0 Å². The maximum absolute atomic E-state index is 10.8. The van der Waals surface area contributed by atoms with Crippen molar-refractivity contribution in [2.45, 2.75) is 31.9 Å². The highest BCUT2D eigenvalue weighted by atomic mass is 32.2. The first kappa shape index (κ1) is 11.6. The summed E-state index contributed by atoms with van der Waals surface area (Å²) in [5.41, 5.74) is 0.955. The number of aromatic nitrogens is 1. The van der Waals surface area contributed by atoms with Gasteiger partial charge in [-0.15, -0.1) is 11.3 Å². The Labute approximate surface area is 88.2 Å². The molecule has 1 atom stereocenters. The van der Waals surface area contributed by atoms with E-state index in [0.717, 1.165) is 12.1 Å². The minimum absolute atomic E-state index is 0.159. The van der Waals surface area contributed by atoms with Crippen LogP contribution >= 0.6 is 11.3 Å². The van der Waals surface area contributed by atoms with E-state index in [1.165, 1.54) is 11.3 Å². The molecule has 1 heterocycles. The largest absolute Gasteiger partial charge is 0.245 e. The summed E-state index contributed by atoms with van der Waals surface area (Å²) in [5.74, 6) is 0.217. The van der Waals surface area contributed by atoms with Gasteiger partial charge in [-0.2, -0.15) is 0 Å². The minimum Gasteiger partial charge on any atom is -0.245 e. The second-order valence-electron chi connectivity index (χ2n) is 3.28. The summed E-state index contributed by atoms with van der Waals surface area (Å²) in [6.45, 7) is 4.14. The van der Waals surface area contributed by atoms with Crippen LogP contribution in [-0.2, 0) is 15.8 Å². The number of primary sulfonamides is 1. The molecule has 0 saturated carbocycles. The van der Waals surface area contributed by atoms with Crippen LogP contribution in [0.4, 0.5) is 0 Å². The number of thiazole rings is 1. The van der Waals surface area contributed by atoms with Crippen molar-refractivity contribution in [1.82, 2.24) is 4.98 Å². The highest BCUT2D eigenvalue weighted by molar-refractivity contribution is 7.88. The number of nitrogens with two attached hydrogens (primary N) is 1. The second kappa shape index (κ2) is 4.37. The monoisotopic (exact) mass is 234 g/mol. The number of rotatable bonds is 4. The fourth-order valence-electron chi connectivity index (χ4n) is 0.999. The zero-order chi connectivity index (χ0) is 10.8. The summed E-state index contributed by atoms with van der Waals surface area (Å²) < 4.78 is 21.6. The summed E-state index contributed by atoms with van der Waals surface area (Å²) in [5, 5.41) is 7.39. The zero-order valence-corrected chi connectivity index (χ0v) is 9.86. The molecule has 6 heteroatoms. The van der Waals surface area contributed by atoms with Crippen molar-refractivity contribution in [2.24, 2.45) is 5.14 Å². The molecule has 0 aliphatic heterocycles. The van der Waals surface area contributed by atoms with Crippen LogP contribution in [-0.4, -0.2) is 13.4 Å². The molecule has 1 aromatic heterocycles. The van der Waals surface area contributed by atoms with Crippen molar-refractivity contribution in [3.8, 4) is 0 Å². The summed E-state index contributed by atoms with van der Waals surface area (Å²) in [6.07, 6.45) is 0.999. The Morgan fingerprint density at radius 1 is 1.64 bits per heavy atom. The fraction of sp³-hybridized carbons (Fsp3) is 0.625. The lowest BCUT2D eigenvalue weighted by atomic mass is 10.1. The van der Waals surface area contributed by atoms with Gasteiger partial charge in [0.1, 0.15) is 10.8 Å². The molecule has 4 nitrogen and oxygen atoms in total. The van der Waals surface area contributed by atoms with Crippen LogP contribution in [0, 0.1) is 0 Å². The Morgan fingerprint density at radius 3 is 2.79 bits per heavy atom. The van der Waals surface area contributed by atoms with E-state index in [1.54, 1.807) is 0 Å². The molecular formula is C8H14N2O2S2. The summed E-state index contributed by atoms with van der Waals surface area (Å²) in [6, 6.07) is 0. The van der Waals surface area contributed by atoms with Gasteiger partial charge in [-0.3, -0.25) is 0 Å². The highest BCUT2D eigenvalue weighted by Crippen LogP contribution is 2.21. The van der Waals surface area contributed by atoms with Crippen molar-refractivity contribution >= 4 is 21.4 Å². The van der Waals surface area contributed by atoms with Crippen LogP contribution in [0.5, 0.6) is 0 Å². The Morgan fingerprint density at radius 2 is 2.29 bits per heavy atom. The van der Waals surface area contributed by atoms with Crippen LogP contribution in [0.2, 0.25) is 0 Å². The molecule has 0 amide bonds. The molecule has 1 rings (SSSR count). The van der Waals surface area contributed by atoms with E-state index in [-0.39, 0.29) is 5.75 Å². The van der Waals surface area contributed by atoms with E-state index in [4.69, 9.17) is 5.14 Å². The van der Waals surface area contributed by atoms with E-state index in [0.29, 0.717) is 10.9 Å². The fourth-order valence-corrected chi connectivity index (χ4v) is 2.87. The normalized spacial score (nSPS) is 14.2. The van der Waals surface area contributed by atoms with Gasteiger partial charge in [0.2, 0.25) is 10.0 Å². The number of nitrogens with zero attached hydrogens (tertiary/aromatic N) is 1. The standard InChI is InChI=1S/C8H14N2O2S2/c1-3-6(2)7-4-13-8(10-7)5-14(9,11)12/h4,6H,3,5H2,1-2H3,(H2,9,11,12).